The number of furan rings is 2. The number of benzene rings is 11. The molecule has 68 heavy (non-hydrogen) atoms. The number of allylic oxidation sites excluding steroid dienone is 1. The van der Waals surface area contributed by atoms with E-state index in [1.807, 2.05) is 0 Å². The Morgan fingerprint density at radius 3 is 1.47 bits per heavy atom. The maximum absolute atomic E-state index is 7.14. The van der Waals surface area contributed by atoms with Crippen molar-refractivity contribution in [2.75, 3.05) is 9.80 Å². The highest BCUT2D eigenvalue weighted by molar-refractivity contribution is 6.28. The summed E-state index contributed by atoms with van der Waals surface area (Å²) >= 11 is 0. The molecule has 0 spiro atoms. The van der Waals surface area contributed by atoms with Gasteiger partial charge in [0.15, 0.2) is 11.2 Å². The van der Waals surface area contributed by atoms with Gasteiger partial charge in [0.25, 0.3) is 0 Å². The summed E-state index contributed by atoms with van der Waals surface area (Å²) in [5.41, 5.74) is 13.5. The topological polar surface area (TPSA) is 32.8 Å². The molecule has 0 saturated carbocycles. The van der Waals surface area contributed by atoms with Crippen LogP contribution in [0.25, 0.3) is 82.4 Å². The molecule has 2 heterocycles. The molecule has 2 aromatic heterocycles. The van der Waals surface area contributed by atoms with Gasteiger partial charge < -0.3 is 18.6 Å². The standard InChI is InChI=1S/C64H42N2O2/c1-5-17-41(18-6-1)47-25-13-27-49-51-29-15-31-57(63(51)67-61(47)49)65(45-21-9-3-10-22-45)55-39-35-43-34-38-54-56(40-36-44-33-37-53(55)59(43)60(44)54)66(46-23-11-4-12-24-46)58-32-16-30-52-50-28-14-26-48(62(50)68-64(52)58)42-19-7-2-8-20-42/h1-25,27-40,48H,26H2. The van der Waals surface area contributed by atoms with Gasteiger partial charge in [0.2, 0.25) is 0 Å². The van der Waals surface area contributed by atoms with Gasteiger partial charge in [-0.25, -0.2) is 0 Å². The van der Waals surface area contributed by atoms with Crippen molar-refractivity contribution in [3.8, 4) is 11.1 Å². The second-order valence-corrected chi connectivity index (χ2v) is 17.9. The first-order valence-corrected chi connectivity index (χ1v) is 23.4. The Labute approximate surface area is 393 Å². The lowest BCUT2D eigenvalue weighted by Crippen LogP contribution is -2.11. The first kappa shape index (κ1) is 38.4. The Balaban J connectivity index is 0.988. The Bertz CT molecular complexity index is 4060. The van der Waals surface area contributed by atoms with E-state index in [9.17, 15) is 0 Å². The van der Waals surface area contributed by atoms with Crippen molar-refractivity contribution in [1.29, 1.82) is 0 Å². The molecule has 11 aromatic carbocycles. The number of anilines is 6. The van der Waals surface area contributed by atoms with Crippen molar-refractivity contribution < 1.29 is 8.83 Å². The van der Waals surface area contributed by atoms with Crippen molar-refractivity contribution in [2.24, 2.45) is 0 Å². The molecule has 0 aliphatic heterocycles. The maximum atomic E-state index is 7.14. The lowest BCUT2D eigenvalue weighted by atomic mass is 9.87. The van der Waals surface area contributed by atoms with Crippen molar-refractivity contribution in [3.05, 3.63) is 247 Å². The second kappa shape index (κ2) is 15.4. The number of para-hydroxylation sites is 5. The average molecular weight is 871 g/mol. The normalized spacial score (nSPS) is 13.6. The zero-order valence-electron chi connectivity index (χ0n) is 37.0. The lowest BCUT2D eigenvalue weighted by Gasteiger charge is -2.29. The number of nitrogens with zero attached hydrogens (tertiary/aromatic N) is 2. The molecule has 0 radical (unpaired) electrons. The third kappa shape index (κ3) is 5.87. The first-order valence-electron chi connectivity index (χ1n) is 23.4. The number of rotatable bonds is 8. The van der Waals surface area contributed by atoms with E-state index in [1.54, 1.807) is 0 Å². The minimum absolute atomic E-state index is 0.145. The zero-order chi connectivity index (χ0) is 44.7. The predicted molar refractivity (Wildman–Crippen MR) is 284 cm³/mol. The number of hydrogen-bond acceptors (Lipinski definition) is 4. The Morgan fingerprint density at radius 1 is 0.368 bits per heavy atom. The van der Waals surface area contributed by atoms with Crippen LogP contribution in [0.2, 0.25) is 0 Å². The number of hydrogen-bond donors (Lipinski definition) is 0. The molecule has 320 valence electrons. The van der Waals surface area contributed by atoms with Gasteiger partial charge in [-0.3, -0.25) is 0 Å². The summed E-state index contributed by atoms with van der Waals surface area (Å²) in [7, 11) is 0. The minimum atomic E-state index is 0.145. The fourth-order valence-corrected chi connectivity index (χ4v) is 11.1. The molecular weight excluding hydrogens is 829 g/mol. The summed E-state index contributed by atoms with van der Waals surface area (Å²) in [6, 6.07) is 80.6. The maximum Gasteiger partial charge on any atom is 0.159 e. The highest BCUT2D eigenvalue weighted by Gasteiger charge is 2.29. The largest absolute Gasteiger partial charge is 0.458 e. The van der Waals surface area contributed by atoms with Crippen molar-refractivity contribution in [1.82, 2.24) is 0 Å². The van der Waals surface area contributed by atoms with E-state index in [4.69, 9.17) is 8.83 Å². The van der Waals surface area contributed by atoms with Crippen LogP contribution in [0.15, 0.2) is 239 Å². The molecule has 1 aliphatic carbocycles. The van der Waals surface area contributed by atoms with Crippen molar-refractivity contribution in [3.63, 3.8) is 0 Å². The summed E-state index contributed by atoms with van der Waals surface area (Å²) in [6.45, 7) is 0. The van der Waals surface area contributed by atoms with Gasteiger partial charge in [0.05, 0.1) is 22.7 Å². The van der Waals surface area contributed by atoms with Gasteiger partial charge in [-0.1, -0.05) is 188 Å². The Hall–Kier alpha value is -8.86. The molecule has 14 rings (SSSR count). The van der Waals surface area contributed by atoms with E-state index in [0.29, 0.717) is 0 Å². The van der Waals surface area contributed by atoms with E-state index >= 15 is 0 Å². The predicted octanol–water partition coefficient (Wildman–Crippen LogP) is 18.4. The smallest absolute Gasteiger partial charge is 0.159 e. The van der Waals surface area contributed by atoms with Crippen LogP contribution < -0.4 is 9.80 Å². The molecule has 1 unspecified atom stereocenters. The summed E-state index contributed by atoms with van der Waals surface area (Å²) in [6.07, 6.45) is 5.44. The zero-order valence-corrected chi connectivity index (χ0v) is 37.0. The molecule has 0 amide bonds. The molecule has 1 aliphatic rings. The van der Waals surface area contributed by atoms with Crippen LogP contribution in [0, 0.1) is 0 Å². The fourth-order valence-electron chi connectivity index (χ4n) is 11.1. The molecule has 0 N–H and O–H groups in total. The summed E-state index contributed by atoms with van der Waals surface area (Å²) in [5, 5.41) is 10.4. The molecule has 1 atom stereocenters. The highest BCUT2D eigenvalue weighted by Crippen LogP contribution is 2.51. The lowest BCUT2D eigenvalue weighted by molar-refractivity contribution is 0.517. The highest BCUT2D eigenvalue weighted by atomic mass is 16.3. The van der Waals surface area contributed by atoms with Crippen LogP contribution in [0.4, 0.5) is 34.1 Å². The summed E-state index contributed by atoms with van der Waals surface area (Å²) in [5.74, 6) is 1.17. The molecule has 0 bridgehead atoms. The summed E-state index contributed by atoms with van der Waals surface area (Å²) < 4.78 is 14.2. The quantitative estimate of drug-likeness (QED) is 0.142. The van der Waals surface area contributed by atoms with Crippen LogP contribution in [0.1, 0.15) is 29.2 Å². The molecule has 0 saturated heterocycles. The summed E-state index contributed by atoms with van der Waals surface area (Å²) in [4.78, 5) is 4.78. The minimum Gasteiger partial charge on any atom is -0.458 e. The van der Waals surface area contributed by atoms with Gasteiger partial charge in [0.1, 0.15) is 11.3 Å². The first-order chi connectivity index (χ1) is 33.8. The van der Waals surface area contributed by atoms with Crippen LogP contribution in [0.3, 0.4) is 0 Å². The molecule has 4 nitrogen and oxygen atoms in total. The SMILES string of the molecule is C1=Cc2c(oc3c(N(c4ccccc4)c4ccc5ccc6c(N(c7ccccc7)c7cccc8c7oc7c(-c9ccccc9)cccc78)ccc7ccc4c5c76)cccc23)C(c2ccccc2)C1. The van der Waals surface area contributed by atoms with Crippen LogP contribution in [0.5, 0.6) is 0 Å². The van der Waals surface area contributed by atoms with Crippen LogP contribution in [-0.2, 0) is 0 Å². The van der Waals surface area contributed by atoms with E-state index in [-0.39, 0.29) is 5.92 Å². The second-order valence-electron chi connectivity index (χ2n) is 17.9. The monoisotopic (exact) mass is 870 g/mol. The Kier molecular flexibility index (Phi) is 8.68. The third-order valence-corrected chi connectivity index (χ3v) is 14.1. The van der Waals surface area contributed by atoms with Gasteiger partial charge in [-0.15, -0.1) is 0 Å². The average Bonchev–Trinajstić information content (AvgIpc) is 4.00. The van der Waals surface area contributed by atoms with E-state index in [1.165, 1.54) is 27.1 Å². The molecule has 4 heteroatoms. The molecule has 13 aromatic rings. The van der Waals surface area contributed by atoms with Gasteiger partial charge in [-0.05, 0) is 87.6 Å². The van der Waals surface area contributed by atoms with Gasteiger partial charge in [0, 0.05) is 55.4 Å². The fraction of sp³-hybridized carbons (Fsp3) is 0.0312. The van der Waals surface area contributed by atoms with Crippen LogP contribution in [-0.4, -0.2) is 0 Å². The van der Waals surface area contributed by atoms with Gasteiger partial charge >= 0.3 is 0 Å². The van der Waals surface area contributed by atoms with E-state index in [0.717, 1.165) is 107 Å². The van der Waals surface area contributed by atoms with Crippen LogP contribution >= 0.6 is 0 Å². The molecule has 0 fully saturated rings. The van der Waals surface area contributed by atoms with Gasteiger partial charge in [-0.2, -0.15) is 0 Å². The van der Waals surface area contributed by atoms with E-state index < -0.39 is 0 Å². The Morgan fingerprint density at radius 2 is 0.868 bits per heavy atom. The third-order valence-electron chi connectivity index (χ3n) is 14.1. The number of fused-ring (bicyclic) bond motifs is 6. The van der Waals surface area contributed by atoms with E-state index in [2.05, 4.69) is 246 Å². The van der Waals surface area contributed by atoms with Crippen molar-refractivity contribution in [2.45, 2.75) is 12.3 Å². The molecular formula is C64H42N2O2. The van der Waals surface area contributed by atoms with Crippen molar-refractivity contribution >= 4 is 105 Å².